The molecule has 2 aliphatic rings. The summed E-state index contributed by atoms with van der Waals surface area (Å²) in [5.74, 6) is -0.345. The number of rotatable bonds is 6. The van der Waals surface area contributed by atoms with Crippen LogP contribution in [0.2, 0.25) is 0 Å². The molecule has 1 aromatic rings. The van der Waals surface area contributed by atoms with E-state index in [1.807, 2.05) is 0 Å². The summed E-state index contributed by atoms with van der Waals surface area (Å²) in [5.41, 5.74) is 0. The Labute approximate surface area is 153 Å². The molecule has 7 heteroatoms. The van der Waals surface area contributed by atoms with Gasteiger partial charge in [-0.15, -0.1) is 0 Å². The maximum atomic E-state index is 13.0. The number of carbonyl (C=O) groups is 1. The zero-order valence-electron chi connectivity index (χ0n) is 15.1. The fraction of sp³-hybridized carbons (Fsp3) is 0.684. The SMILES string of the molecule is O=C(COc1cccnc1[N+](=O)[O-])N(C1CCCCC1)C1CCCCC1. The quantitative estimate of drug-likeness (QED) is 0.567. The minimum atomic E-state index is -0.583. The topological polar surface area (TPSA) is 85.6 Å². The maximum absolute atomic E-state index is 13.0. The van der Waals surface area contributed by atoms with E-state index in [4.69, 9.17) is 4.74 Å². The van der Waals surface area contributed by atoms with Crippen molar-refractivity contribution in [3.8, 4) is 5.75 Å². The Morgan fingerprint density at radius 3 is 2.23 bits per heavy atom. The first-order valence-electron chi connectivity index (χ1n) is 9.70. The molecule has 0 spiro atoms. The lowest BCUT2D eigenvalue weighted by atomic mass is 9.88. The lowest BCUT2D eigenvalue weighted by Crippen LogP contribution is -2.50. The van der Waals surface area contributed by atoms with Crippen LogP contribution in [0.25, 0.3) is 0 Å². The fourth-order valence-electron chi connectivity index (χ4n) is 4.27. The van der Waals surface area contributed by atoms with Gasteiger partial charge in [0.25, 0.3) is 5.91 Å². The molecule has 2 saturated carbocycles. The van der Waals surface area contributed by atoms with E-state index in [1.54, 1.807) is 6.07 Å². The highest BCUT2D eigenvalue weighted by atomic mass is 16.6. The molecule has 0 atom stereocenters. The zero-order valence-corrected chi connectivity index (χ0v) is 15.1. The van der Waals surface area contributed by atoms with Crippen molar-refractivity contribution in [2.75, 3.05) is 6.61 Å². The molecule has 3 rings (SSSR count). The van der Waals surface area contributed by atoms with Crippen LogP contribution in [-0.2, 0) is 4.79 Å². The molecule has 0 aliphatic heterocycles. The van der Waals surface area contributed by atoms with Crippen LogP contribution in [0.1, 0.15) is 64.2 Å². The van der Waals surface area contributed by atoms with Crippen molar-refractivity contribution in [2.45, 2.75) is 76.3 Å². The van der Waals surface area contributed by atoms with Crippen LogP contribution in [0.15, 0.2) is 18.3 Å². The number of hydrogen-bond donors (Lipinski definition) is 0. The predicted octanol–water partition coefficient (Wildman–Crippen LogP) is 3.86. The molecule has 2 aliphatic carbocycles. The average molecular weight is 361 g/mol. The summed E-state index contributed by atoms with van der Waals surface area (Å²) in [5, 5.41) is 11.1. The Balaban J connectivity index is 1.69. The van der Waals surface area contributed by atoms with Crippen molar-refractivity contribution in [1.29, 1.82) is 0 Å². The number of aromatic nitrogens is 1. The van der Waals surface area contributed by atoms with E-state index < -0.39 is 4.92 Å². The summed E-state index contributed by atoms with van der Waals surface area (Å²) in [6.07, 6.45) is 12.7. The number of carbonyl (C=O) groups excluding carboxylic acids is 1. The van der Waals surface area contributed by atoms with Gasteiger partial charge in [0.1, 0.15) is 6.20 Å². The largest absolute Gasteiger partial charge is 0.476 e. The molecule has 26 heavy (non-hydrogen) atoms. The lowest BCUT2D eigenvalue weighted by Gasteiger charge is -2.41. The monoisotopic (exact) mass is 361 g/mol. The molecule has 0 N–H and O–H groups in total. The standard InChI is InChI=1S/C19H27N3O4/c23-18(14-26-17-12-7-13-20-19(17)22(24)25)21(15-8-3-1-4-9-15)16-10-5-2-6-11-16/h7,12-13,15-16H,1-6,8-11,14H2. The van der Waals surface area contributed by atoms with Crippen molar-refractivity contribution < 1.29 is 14.5 Å². The molecule has 1 heterocycles. The van der Waals surface area contributed by atoms with Crippen molar-refractivity contribution in [1.82, 2.24) is 9.88 Å². The van der Waals surface area contributed by atoms with Crippen LogP contribution in [-0.4, -0.2) is 39.4 Å². The molecule has 7 nitrogen and oxygen atoms in total. The van der Waals surface area contributed by atoms with Gasteiger partial charge in [-0.05, 0) is 47.7 Å². The third kappa shape index (κ3) is 4.51. The van der Waals surface area contributed by atoms with E-state index in [-0.39, 0.29) is 36.2 Å². The van der Waals surface area contributed by atoms with E-state index in [0.717, 1.165) is 51.4 Å². The molecular weight excluding hydrogens is 334 g/mol. The highest BCUT2D eigenvalue weighted by Crippen LogP contribution is 2.31. The number of hydrogen-bond acceptors (Lipinski definition) is 5. The van der Waals surface area contributed by atoms with E-state index in [0.29, 0.717) is 0 Å². The molecule has 2 fully saturated rings. The summed E-state index contributed by atoms with van der Waals surface area (Å²) in [7, 11) is 0. The van der Waals surface area contributed by atoms with Crippen molar-refractivity contribution >= 4 is 11.7 Å². The number of pyridine rings is 1. The Kier molecular flexibility index (Phi) is 6.41. The first kappa shape index (κ1) is 18.6. The number of nitro groups is 1. The summed E-state index contributed by atoms with van der Waals surface area (Å²) in [6, 6.07) is 3.63. The van der Waals surface area contributed by atoms with Crippen molar-refractivity contribution in [3.63, 3.8) is 0 Å². The van der Waals surface area contributed by atoms with Crippen LogP contribution in [0.3, 0.4) is 0 Å². The van der Waals surface area contributed by atoms with Crippen LogP contribution in [0.4, 0.5) is 5.82 Å². The Bertz CT molecular complexity index is 607. The molecule has 0 bridgehead atoms. The Morgan fingerprint density at radius 1 is 1.12 bits per heavy atom. The van der Waals surface area contributed by atoms with E-state index in [2.05, 4.69) is 9.88 Å². The highest BCUT2D eigenvalue weighted by molar-refractivity contribution is 5.78. The third-order valence-corrected chi connectivity index (χ3v) is 5.50. The molecule has 1 amide bonds. The van der Waals surface area contributed by atoms with Crippen LogP contribution in [0.5, 0.6) is 5.75 Å². The van der Waals surface area contributed by atoms with Gasteiger partial charge in [0, 0.05) is 12.1 Å². The predicted molar refractivity (Wildman–Crippen MR) is 97.0 cm³/mol. The third-order valence-electron chi connectivity index (χ3n) is 5.50. The van der Waals surface area contributed by atoms with Gasteiger partial charge in [0.05, 0.1) is 0 Å². The molecule has 0 aromatic carbocycles. The van der Waals surface area contributed by atoms with Crippen LogP contribution >= 0.6 is 0 Å². The van der Waals surface area contributed by atoms with E-state index in [9.17, 15) is 14.9 Å². The van der Waals surface area contributed by atoms with Gasteiger partial charge in [-0.3, -0.25) is 4.79 Å². The van der Waals surface area contributed by atoms with Crippen LogP contribution in [0, 0.1) is 10.1 Å². The van der Waals surface area contributed by atoms with Gasteiger partial charge in [-0.25, -0.2) is 0 Å². The summed E-state index contributed by atoms with van der Waals surface area (Å²) in [4.78, 5) is 29.3. The second-order valence-corrected chi connectivity index (χ2v) is 7.26. The van der Waals surface area contributed by atoms with Crippen molar-refractivity contribution in [2.24, 2.45) is 0 Å². The average Bonchev–Trinajstić information content (AvgIpc) is 2.68. The zero-order chi connectivity index (χ0) is 18.4. The van der Waals surface area contributed by atoms with Gasteiger partial charge >= 0.3 is 5.82 Å². The molecule has 0 saturated heterocycles. The first-order valence-corrected chi connectivity index (χ1v) is 9.70. The molecule has 0 radical (unpaired) electrons. The highest BCUT2D eigenvalue weighted by Gasteiger charge is 2.32. The second kappa shape index (κ2) is 8.96. The van der Waals surface area contributed by atoms with Crippen LogP contribution < -0.4 is 4.74 Å². The maximum Gasteiger partial charge on any atom is 0.406 e. The van der Waals surface area contributed by atoms with Crippen molar-refractivity contribution in [3.05, 3.63) is 28.4 Å². The lowest BCUT2D eigenvalue weighted by molar-refractivity contribution is -0.390. The number of ether oxygens (including phenoxy) is 1. The molecular formula is C19H27N3O4. The molecule has 0 unspecified atom stereocenters. The summed E-state index contributed by atoms with van der Waals surface area (Å²) < 4.78 is 5.53. The van der Waals surface area contributed by atoms with Gasteiger partial charge in [-0.1, -0.05) is 38.5 Å². The number of nitrogens with zero attached hydrogens (tertiary/aromatic N) is 3. The van der Waals surface area contributed by atoms with Gasteiger partial charge in [0.2, 0.25) is 5.75 Å². The fourth-order valence-corrected chi connectivity index (χ4v) is 4.27. The minimum Gasteiger partial charge on any atom is -0.476 e. The van der Waals surface area contributed by atoms with E-state index in [1.165, 1.54) is 25.1 Å². The van der Waals surface area contributed by atoms with Gasteiger partial charge in [-0.2, -0.15) is 0 Å². The second-order valence-electron chi connectivity index (χ2n) is 7.26. The van der Waals surface area contributed by atoms with E-state index >= 15 is 0 Å². The van der Waals surface area contributed by atoms with Gasteiger partial charge < -0.3 is 19.8 Å². The Hall–Kier alpha value is -2.18. The smallest absolute Gasteiger partial charge is 0.406 e. The number of amides is 1. The Morgan fingerprint density at radius 2 is 1.69 bits per heavy atom. The normalized spacial score (nSPS) is 19.1. The summed E-state index contributed by atoms with van der Waals surface area (Å²) in [6.45, 7) is -0.167. The minimum absolute atomic E-state index is 0.0537. The molecule has 142 valence electrons. The summed E-state index contributed by atoms with van der Waals surface area (Å²) >= 11 is 0. The van der Waals surface area contributed by atoms with Gasteiger partial charge in [0.15, 0.2) is 6.61 Å². The molecule has 1 aromatic heterocycles. The first-order chi connectivity index (χ1) is 12.7.